The maximum atomic E-state index is 12.1. The Balaban J connectivity index is 2.20. The summed E-state index contributed by atoms with van der Waals surface area (Å²) in [6.07, 6.45) is 1.43. The molecule has 3 N–H and O–H groups in total. The Morgan fingerprint density at radius 3 is 2.84 bits per heavy atom. The number of nitrogens with two attached hydrogens (primary N) is 1. The lowest BCUT2D eigenvalue weighted by Gasteiger charge is -2.07. The lowest BCUT2D eigenvalue weighted by atomic mass is 10.4. The van der Waals surface area contributed by atoms with Crippen molar-refractivity contribution in [2.45, 2.75) is 18.4 Å². The van der Waals surface area contributed by atoms with Crippen LogP contribution in [-0.4, -0.2) is 18.6 Å². The fourth-order valence-electron chi connectivity index (χ4n) is 1.39. The van der Waals surface area contributed by atoms with Crippen molar-refractivity contribution in [1.29, 1.82) is 0 Å². The average Bonchev–Trinajstić information content (AvgIpc) is 2.76. The zero-order valence-corrected chi connectivity index (χ0v) is 12.3. The highest BCUT2D eigenvalue weighted by atomic mass is 79.9. The van der Waals surface area contributed by atoms with Crippen LogP contribution in [0.4, 0.5) is 5.82 Å². The molecule has 9 heteroatoms. The summed E-state index contributed by atoms with van der Waals surface area (Å²) >= 11 is 3.15. The van der Waals surface area contributed by atoms with Gasteiger partial charge >= 0.3 is 0 Å². The highest BCUT2D eigenvalue weighted by Crippen LogP contribution is 2.20. The number of nitrogens with one attached hydrogen (secondary N) is 1. The van der Waals surface area contributed by atoms with Crippen LogP contribution in [0.15, 0.2) is 32.2 Å². The van der Waals surface area contributed by atoms with Crippen molar-refractivity contribution in [3.8, 4) is 0 Å². The van der Waals surface area contributed by atoms with Crippen LogP contribution in [0.25, 0.3) is 0 Å². The number of pyridine rings is 1. The largest absolute Gasteiger partial charge is 0.383 e. The van der Waals surface area contributed by atoms with E-state index in [1.165, 1.54) is 12.3 Å². The maximum absolute atomic E-state index is 12.1. The molecular weight excluding hydrogens is 336 g/mol. The molecule has 0 aliphatic rings. The molecule has 0 bridgehead atoms. The van der Waals surface area contributed by atoms with Crippen LogP contribution >= 0.6 is 15.9 Å². The number of rotatable bonds is 4. The number of aryl methyl sites for hydroxylation is 1. The topological polar surface area (TPSA) is 111 Å². The van der Waals surface area contributed by atoms with Gasteiger partial charge in [0.15, 0.2) is 0 Å². The first kappa shape index (κ1) is 14.0. The van der Waals surface area contributed by atoms with E-state index in [4.69, 9.17) is 10.3 Å². The summed E-state index contributed by atoms with van der Waals surface area (Å²) in [5.41, 5.74) is 6.05. The third-order valence-electron chi connectivity index (χ3n) is 2.26. The molecule has 7 nitrogen and oxygen atoms in total. The van der Waals surface area contributed by atoms with Gasteiger partial charge in [-0.1, -0.05) is 5.16 Å². The van der Waals surface area contributed by atoms with Gasteiger partial charge < -0.3 is 10.3 Å². The van der Waals surface area contributed by atoms with E-state index in [9.17, 15) is 8.42 Å². The third kappa shape index (κ3) is 3.31. The third-order valence-corrected chi connectivity index (χ3v) is 4.12. The van der Waals surface area contributed by atoms with Gasteiger partial charge in [0.05, 0.1) is 12.2 Å². The molecule has 0 atom stereocenters. The standard InChI is InChI=1S/C10H11BrN4O3S/c1-6-2-8(15-18-6)5-14-19(16,17)9-3-7(11)4-13-10(9)12/h2-4,14H,5H2,1H3,(H2,12,13). The number of halogens is 1. The zero-order valence-electron chi connectivity index (χ0n) is 9.92. The molecule has 0 amide bonds. The molecular formula is C10H11BrN4O3S. The minimum atomic E-state index is -3.75. The number of aromatic nitrogens is 2. The second-order valence-electron chi connectivity index (χ2n) is 3.79. The Kier molecular flexibility index (Phi) is 3.88. The number of nitrogens with zero attached hydrogens (tertiary/aromatic N) is 2. The monoisotopic (exact) mass is 346 g/mol. The lowest BCUT2D eigenvalue weighted by molar-refractivity contribution is 0.390. The Bertz CT molecular complexity index is 699. The molecule has 0 fully saturated rings. The summed E-state index contributed by atoms with van der Waals surface area (Å²) in [6, 6.07) is 3.03. The van der Waals surface area contributed by atoms with E-state index in [1.807, 2.05) is 0 Å². The SMILES string of the molecule is Cc1cc(CNS(=O)(=O)c2cc(Br)cnc2N)no1. The van der Waals surface area contributed by atoms with Crippen LogP contribution in [0, 0.1) is 6.92 Å². The molecule has 0 radical (unpaired) electrons. The second-order valence-corrected chi connectivity index (χ2v) is 6.44. The molecule has 2 rings (SSSR count). The molecule has 19 heavy (non-hydrogen) atoms. The van der Waals surface area contributed by atoms with Gasteiger partial charge in [-0.05, 0) is 28.9 Å². The van der Waals surface area contributed by atoms with Crippen LogP contribution in [0.1, 0.15) is 11.5 Å². The highest BCUT2D eigenvalue weighted by molar-refractivity contribution is 9.10. The predicted octanol–water partition coefficient (Wildman–Crippen LogP) is 1.20. The summed E-state index contributed by atoms with van der Waals surface area (Å²) in [5.74, 6) is 0.546. The van der Waals surface area contributed by atoms with Gasteiger partial charge in [0, 0.05) is 16.7 Å². The zero-order chi connectivity index (χ0) is 14.0. The van der Waals surface area contributed by atoms with Crippen molar-refractivity contribution in [2.24, 2.45) is 0 Å². The smallest absolute Gasteiger partial charge is 0.244 e. The van der Waals surface area contributed by atoms with Gasteiger partial charge in [0.1, 0.15) is 16.5 Å². The first-order chi connectivity index (χ1) is 8.88. The number of hydrogen-bond acceptors (Lipinski definition) is 6. The van der Waals surface area contributed by atoms with E-state index in [0.29, 0.717) is 15.9 Å². The van der Waals surface area contributed by atoms with Gasteiger partial charge in [-0.15, -0.1) is 0 Å². The van der Waals surface area contributed by atoms with Crippen molar-refractivity contribution in [1.82, 2.24) is 14.9 Å². The van der Waals surface area contributed by atoms with Crippen molar-refractivity contribution in [3.63, 3.8) is 0 Å². The number of sulfonamides is 1. The molecule has 2 aromatic rings. The van der Waals surface area contributed by atoms with Crippen LogP contribution in [0.2, 0.25) is 0 Å². The van der Waals surface area contributed by atoms with Gasteiger partial charge in [-0.3, -0.25) is 0 Å². The van der Waals surface area contributed by atoms with Crippen LogP contribution in [0.3, 0.4) is 0 Å². The normalized spacial score (nSPS) is 11.7. The first-order valence-corrected chi connectivity index (χ1v) is 7.49. The van der Waals surface area contributed by atoms with Crippen molar-refractivity contribution in [3.05, 3.63) is 34.3 Å². The summed E-state index contributed by atoms with van der Waals surface area (Å²) in [6.45, 7) is 1.74. The number of hydrogen-bond donors (Lipinski definition) is 2. The minimum absolute atomic E-state index is 0.0195. The molecule has 0 aliphatic heterocycles. The molecule has 0 saturated carbocycles. The second kappa shape index (κ2) is 5.27. The maximum Gasteiger partial charge on any atom is 0.244 e. The van der Waals surface area contributed by atoms with Crippen molar-refractivity contribution in [2.75, 3.05) is 5.73 Å². The molecule has 2 aromatic heterocycles. The van der Waals surface area contributed by atoms with E-state index in [1.54, 1.807) is 13.0 Å². The van der Waals surface area contributed by atoms with E-state index in [2.05, 4.69) is 30.8 Å². The van der Waals surface area contributed by atoms with E-state index >= 15 is 0 Å². The molecule has 2 heterocycles. The molecule has 0 unspecified atom stereocenters. The Hall–Kier alpha value is -1.45. The Morgan fingerprint density at radius 2 is 2.21 bits per heavy atom. The van der Waals surface area contributed by atoms with Gasteiger partial charge in [0.2, 0.25) is 10.0 Å². The van der Waals surface area contributed by atoms with Gasteiger partial charge in [0.25, 0.3) is 0 Å². The van der Waals surface area contributed by atoms with Gasteiger partial charge in [-0.2, -0.15) is 0 Å². The first-order valence-electron chi connectivity index (χ1n) is 5.21. The molecule has 0 aliphatic carbocycles. The fourth-order valence-corrected chi connectivity index (χ4v) is 2.98. The predicted molar refractivity (Wildman–Crippen MR) is 71.6 cm³/mol. The minimum Gasteiger partial charge on any atom is -0.383 e. The summed E-state index contributed by atoms with van der Waals surface area (Å²) in [5, 5.41) is 3.69. The van der Waals surface area contributed by atoms with Crippen molar-refractivity contribution >= 4 is 31.8 Å². The fraction of sp³-hybridized carbons (Fsp3) is 0.200. The molecule has 0 saturated heterocycles. The van der Waals surface area contributed by atoms with Gasteiger partial charge in [-0.25, -0.2) is 18.1 Å². The Morgan fingerprint density at radius 1 is 1.47 bits per heavy atom. The Labute approximate surface area is 118 Å². The van der Waals surface area contributed by atoms with E-state index < -0.39 is 10.0 Å². The molecule has 102 valence electrons. The average molecular weight is 347 g/mol. The summed E-state index contributed by atoms with van der Waals surface area (Å²) < 4.78 is 31.9. The molecule has 0 aromatic carbocycles. The number of anilines is 1. The quantitative estimate of drug-likeness (QED) is 0.860. The van der Waals surface area contributed by atoms with E-state index in [-0.39, 0.29) is 17.3 Å². The van der Waals surface area contributed by atoms with E-state index in [0.717, 1.165) is 0 Å². The summed E-state index contributed by atoms with van der Waals surface area (Å²) in [4.78, 5) is 3.70. The van der Waals surface area contributed by atoms with Crippen LogP contribution in [0.5, 0.6) is 0 Å². The van der Waals surface area contributed by atoms with Crippen molar-refractivity contribution < 1.29 is 12.9 Å². The van der Waals surface area contributed by atoms with Crippen LogP contribution in [-0.2, 0) is 16.6 Å². The lowest BCUT2D eigenvalue weighted by Crippen LogP contribution is -2.24. The molecule has 0 spiro atoms. The summed E-state index contributed by atoms with van der Waals surface area (Å²) in [7, 11) is -3.75. The highest BCUT2D eigenvalue weighted by Gasteiger charge is 2.19. The van der Waals surface area contributed by atoms with Crippen LogP contribution < -0.4 is 10.5 Å². The number of nitrogen functional groups attached to an aromatic ring is 1.